The van der Waals surface area contributed by atoms with Crippen LogP contribution in [0.1, 0.15) is 24.9 Å². The van der Waals surface area contributed by atoms with Crippen molar-refractivity contribution in [2.75, 3.05) is 19.6 Å². The predicted molar refractivity (Wildman–Crippen MR) is 72.1 cm³/mol. The molecule has 98 valence electrons. The van der Waals surface area contributed by atoms with Gasteiger partial charge in [0.05, 0.1) is 6.04 Å². The first-order valence-electron chi connectivity index (χ1n) is 6.52. The van der Waals surface area contributed by atoms with Gasteiger partial charge in [-0.25, -0.2) is 4.79 Å². The van der Waals surface area contributed by atoms with Gasteiger partial charge in [0.2, 0.25) is 0 Å². The van der Waals surface area contributed by atoms with Crippen LogP contribution in [0.3, 0.4) is 0 Å². The summed E-state index contributed by atoms with van der Waals surface area (Å²) < 4.78 is 0. The van der Waals surface area contributed by atoms with E-state index in [1.807, 2.05) is 23.1 Å². The van der Waals surface area contributed by atoms with Gasteiger partial charge in [0.1, 0.15) is 0 Å². The third kappa shape index (κ3) is 2.82. The Hall–Kier alpha value is -1.55. The van der Waals surface area contributed by atoms with E-state index in [2.05, 4.69) is 24.4 Å². The number of benzene rings is 1. The highest BCUT2D eigenvalue weighted by molar-refractivity contribution is 5.75. The Labute approximate surface area is 108 Å². The van der Waals surface area contributed by atoms with Crippen LogP contribution in [0.2, 0.25) is 0 Å². The van der Waals surface area contributed by atoms with Crippen LogP contribution in [0, 0.1) is 5.92 Å². The molecule has 0 aromatic heterocycles. The molecule has 1 fully saturated rings. The Morgan fingerprint density at radius 2 is 2.17 bits per heavy atom. The first-order chi connectivity index (χ1) is 8.72. The minimum absolute atomic E-state index is 0.0274. The Bertz CT molecular complexity index is 393. The average molecular weight is 247 g/mol. The summed E-state index contributed by atoms with van der Waals surface area (Å²) >= 11 is 0. The van der Waals surface area contributed by atoms with Crippen LogP contribution in [-0.4, -0.2) is 30.6 Å². The minimum atomic E-state index is 0.0274. The second kappa shape index (κ2) is 5.87. The van der Waals surface area contributed by atoms with E-state index >= 15 is 0 Å². The highest BCUT2D eigenvalue weighted by Gasteiger charge is 2.28. The maximum absolute atomic E-state index is 11.9. The quantitative estimate of drug-likeness (QED) is 0.851. The molecule has 4 nitrogen and oxygen atoms in total. The maximum atomic E-state index is 11.9. The molecule has 1 heterocycles. The lowest BCUT2D eigenvalue weighted by molar-refractivity contribution is 0.143. The lowest BCUT2D eigenvalue weighted by Crippen LogP contribution is -2.52. The molecule has 2 rings (SSSR count). The Kier molecular flexibility index (Phi) is 4.20. The molecule has 0 bridgehead atoms. The molecule has 1 aliphatic heterocycles. The van der Waals surface area contributed by atoms with Gasteiger partial charge < -0.3 is 16.0 Å². The van der Waals surface area contributed by atoms with E-state index in [9.17, 15) is 4.79 Å². The van der Waals surface area contributed by atoms with E-state index in [0.29, 0.717) is 12.5 Å². The Morgan fingerprint density at radius 1 is 1.44 bits per heavy atom. The summed E-state index contributed by atoms with van der Waals surface area (Å²) in [5.74, 6) is 0.457. The van der Waals surface area contributed by atoms with Crippen molar-refractivity contribution >= 4 is 6.03 Å². The number of nitrogens with two attached hydrogens (primary N) is 1. The number of nitrogens with zero attached hydrogens (tertiary/aromatic N) is 1. The van der Waals surface area contributed by atoms with Gasteiger partial charge in [-0.3, -0.25) is 0 Å². The first kappa shape index (κ1) is 12.9. The fourth-order valence-corrected chi connectivity index (χ4v) is 2.43. The van der Waals surface area contributed by atoms with Crippen molar-refractivity contribution in [3.05, 3.63) is 35.9 Å². The molecule has 1 aromatic rings. The average Bonchev–Trinajstić information content (AvgIpc) is 2.41. The third-order valence-electron chi connectivity index (χ3n) is 3.58. The van der Waals surface area contributed by atoms with E-state index in [4.69, 9.17) is 5.73 Å². The van der Waals surface area contributed by atoms with Crippen LogP contribution in [0.15, 0.2) is 30.3 Å². The molecule has 18 heavy (non-hydrogen) atoms. The van der Waals surface area contributed by atoms with Gasteiger partial charge in [-0.15, -0.1) is 0 Å². The van der Waals surface area contributed by atoms with E-state index in [0.717, 1.165) is 19.5 Å². The molecule has 0 aliphatic carbocycles. The molecule has 0 radical (unpaired) electrons. The van der Waals surface area contributed by atoms with E-state index in [1.54, 1.807) is 0 Å². The van der Waals surface area contributed by atoms with Gasteiger partial charge in [0.25, 0.3) is 0 Å². The largest absolute Gasteiger partial charge is 0.338 e. The smallest absolute Gasteiger partial charge is 0.317 e. The van der Waals surface area contributed by atoms with Crippen molar-refractivity contribution in [2.45, 2.75) is 19.4 Å². The van der Waals surface area contributed by atoms with Crippen molar-refractivity contribution < 1.29 is 4.79 Å². The van der Waals surface area contributed by atoms with Crippen LogP contribution < -0.4 is 11.1 Å². The SMILES string of the molecule is CC(c1ccccc1)N1CC(CCN)CNC1=O. The summed E-state index contributed by atoms with van der Waals surface area (Å²) in [5, 5.41) is 2.95. The van der Waals surface area contributed by atoms with E-state index < -0.39 is 0 Å². The number of carbonyl (C=O) groups excluding carboxylic acids is 1. The molecule has 3 N–H and O–H groups in total. The Balaban J connectivity index is 2.08. The molecule has 1 aromatic carbocycles. The fourth-order valence-electron chi connectivity index (χ4n) is 2.43. The second-order valence-corrected chi connectivity index (χ2v) is 4.87. The lowest BCUT2D eigenvalue weighted by Gasteiger charge is -2.37. The summed E-state index contributed by atoms with van der Waals surface area (Å²) in [6, 6.07) is 10.3. The first-order valence-corrected chi connectivity index (χ1v) is 6.52. The standard InChI is InChI=1S/C14H21N3O/c1-11(13-5-3-2-4-6-13)17-10-12(7-8-15)9-16-14(17)18/h2-6,11-12H,7-10,15H2,1H3,(H,16,18). The lowest BCUT2D eigenvalue weighted by atomic mass is 10.00. The van der Waals surface area contributed by atoms with Gasteiger partial charge in [0.15, 0.2) is 0 Å². The number of hydrogen-bond acceptors (Lipinski definition) is 2. The minimum Gasteiger partial charge on any atom is -0.338 e. The molecular weight excluding hydrogens is 226 g/mol. The van der Waals surface area contributed by atoms with Crippen molar-refractivity contribution in [1.29, 1.82) is 0 Å². The van der Waals surface area contributed by atoms with Crippen LogP contribution in [0.4, 0.5) is 4.79 Å². The third-order valence-corrected chi connectivity index (χ3v) is 3.58. The highest BCUT2D eigenvalue weighted by atomic mass is 16.2. The zero-order chi connectivity index (χ0) is 13.0. The molecule has 2 amide bonds. The number of nitrogens with one attached hydrogen (secondary N) is 1. The molecule has 0 spiro atoms. The molecule has 2 atom stereocenters. The topological polar surface area (TPSA) is 58.4 Å². The van der Waals surface area contributed by atoms with Crippen molar-refractivity contribution in [1.82, 2.24) is 10.2 Å². The van der Waals surface area contributed by atoms with Crippen LogP contribution in [0.25, 0.3) is 0 Å². The monoisotopic (exact) mass is 247 g/mol. The van der Waals surface area contributed by atoms with Gasteiger partial charge in [0, 0.05) is 13.1 Å². The second-order valence-electron chi connectivity index (χ2n) is 4.87. The Morgan fingerprint density at radius 3 is 2.83 bits per heavy atom. The van der Waals surface area contributed by atoms with Crippen LogP contribution in [-0.2, 0) is 0 Å². The molecule has 2 unspecified atom stereocenters. The number of amides is 2. The molecule has 1 saturated heterocycles. The van der Waals surface area contributed by atoms with Crippen molar-refractivity contribution in [3.8, 4) is 0 Å². The maximum Gasteiger partial charge on any atom is 0.317 e. The molecule has 4 heteroatoms. The number of hydrogen-bond donors (Lipinski definition) is 2. The number of rotatable bonds is 4. The number of carbonyl (C=O) groups is 1. The summed E-state index contributed by atoms with van der Waals surface area (Å²) in [4.78, 5) is 13.8. The fraction of sp³-hybridized carbons (Fsp3) is 0.500. The summed E-state index contributed by atoms with van der Waals surface area (Å²) in [7, 11) is 0. The van der Waals surface area contributed by atoms with E-state index in [-0.39, 0.29) is 12.1 Å². The zero-order valence-corrected chi connectivity index (χ0v) is 10.8. The highest BCUT2D eigenvalue weighted by Crippen LogP contribution is 2.23. The van der Waals surface area contributed by atoms with Gasteiger partial charge in [-0.2, -0.15) is 0 Å². The summed E-state index contributed by atoms with van der Waals surface area (Å²) in [6.45, 7) is 4.28. The zero-order valence-electron chi connectivity index (χ0n) is 10.8. The number of urea groups is 1. The summed E-state index contributed by atoms with van der Waals surface area (Å²) in [6.07, 6.45) is 0.957. The van der Waals surface area contributed by atoms with Crippen LogP contribution >= 0.6 is 0 Å². The van der Waals surface area contributed by atoms with E-state index in [1.165, 1.54) is 5.56 Å². The van der Waals surface area contributed by atoms with Gasteiger partial charge in [-0.05, 0) is 31.4 Å². The summed E-state index contributed by atoms with van der Waals surface area (Å²) in [5.41, 5.74) is 6.76. The van der Waals surface area contributed by atoms with Crippen molar-refractivity contribution in [3.63, 3.8) is 0 Å². The van der Waals surface area contributed by atoms with Crippen molar-refractivity contribution in [2.24, 2.45) is 11.7 Å². The molecular formula is C14H21N3O. The van der Waals surface area contributed by atoms with Crippen LogP contribution in [0.5, 0.6) is 0 Å². The predicted octanol–water partition coefficient (Wildman–Crippen LogP) is 1.74. The van der Waals surface area contributed by atoms with Gasteiger partial charge >= 0.3 is 6.03 Å². The normalized spacial score (nSPS) is 21.6. The molecule has 0 saturated carbocycles. The molecule has 1 aliphatic rings. The van der Waals surface area contributed by atoms with Gasteiger partial charge in [-0.1, -0.05) is 30.3 Å².